The first kappa shape index (κ1) is 18.1. The van der Waals surface area contributed by atoms with Crippen LogP contribution in [0.15, 0.2) is 42.5 Å². The van der Waals surface area contributed by atoms with E-state index in [0.29, 0.717) is 18.0 Å². The standard InChI is InChI=1S/C19H22ClNO3/c1-23-17-10-7-14(12-18(17)24-2)4-3-11-21-19(22)13-15-5-8-16(20)9-6-15/h5-10,12H,3-4,11,13H2,1-2H3,(H,21,22). The summed E-state index contributed by atoms with van der Waals surface area (Å²) in [6, 6.07) is 13.2. The summed E-state index contributed by atoms with van der Waals surface area (Å²) in [6.07, 6.45) is 2.09. The Bertz CT molecular complexity index is 671. The van der Waals surface area contributed by atoms with Gasteiger partial charge in [-0.25, -0.2) is 0 Å². The molecule has 128 valence electrons. The number of carbonyl (C=O) groups excluding carboxylic acids is 1. The van der Waals surface area contributed by atoms with E-state index in [4.69, 9.17) is 21.1 Å². The molecule has 2 aromatic carbocycles. The lowest BCUT2D eigenvalue weighted by Gasteiger charge is -2.10. The lowest BCUT2D eigenvalue weighted by molar-refractivity contribution is -0.120. The highest BCUT2D eigenvalue weighted by atomic mass is 35.5. The molecule has 5 heteroatoms. The first-order chi connectivity index (χ1) is 11.6. The van der Waals surface area contributed by atoms with Crippen molar-refractivity contribution in [3.63, 3.8) is 0 Å². The van der Waals surface area contributed by atoms with Gasteiger partial charge in [0.15, 0.2) is 11.5 Å². The molecule has 0 atom stereocenters. The first-order valence-corrected chi connectivity index (χ1v) is 8.22. The highest BCUT2D eigenvalue weighted by Gasteiger charge is 2.06. The Morgan fingerprint density at radius 1 is 1.00 bits per heavy atom. The summed E-state index contributed by atoms with van der Waals surface area (Å²) in [4.78, 5) is 11.9. The predicted octanol–water partition coefficient (Wildman–Crippen LogP) is 3.65. The van der Waals surface area contributed by atoms with Crippen LogP contribution in [0.3, 0.4) is 0 Å². The molecule has 0 aliphatic heterocycles. The Kier molecular flexibility index (Phi) is 6.94. The summed E-state index contributed by atoms with van der Waals surface area (Å²) in [5, 5.41) is 3.61. The smallest absolute Gasteiger partial charge is 0.224 e. The first-order valence-electron chi connectivity index (χ1n) is 7.84. The van der Waals surface area contributed by atoms with Crippen molar-refractivity contribution in [2.24, 2.45) is 0 Å². The number of ether oxygens (including phenoxy) is 2. The van der Waals surface area contributed by atoms with Gasteiger partial charge in [-0.3, -0.25) is 4.79 Å². The SMILES string of the molecule is COc1ccc(CCCNC(=O)Cc2ccc(Cl)cc2)cc1OC. The van der Waals surface area contributed by atoms with Crippen molar-refractivity contribution in [3.05, 3.63) is 58.6 Å². The molecule has 0 aliphatic rings. The topological polar surface area (TPSA) is 47.6 Å². The molecule has 0 aromatic heterocycles. The molecular weight excluding hydrogens is 326 g/mol. The number of amides is 1. The fourth-order valence-electron chi connectivity index (χ4n) is 2.41. The summed E-state index contributed by atoms with van der Waals surface area (Å²) >= 11 is 5.83. The zero-order chi connectivity index (χ0) is 17.4. The fraction of sp³-hybridized carbons (Fsp3) is 0.316. The van der Waals surface area contributed by atoms with E-state index in [1.807, 2.05) is 30.3 Å². The summed E-state index contributed by atoms with van der Waals surface area (Å²) in [5.41, 5.74) is 2.11. The van der Waals surface area contributed by atoms with Crippen molar-refractivity contribution in [2.45, 2.75) is 19.3 Å². The van der Waals surface area contributed by atoms with E-state index < -0.39 is 0 Å². The Labute approximate surface area is 147 Å². The monoisotopic (exact) mass is 347 g/mol. The van der Waals surface area contributed by atoms with Crippen molar-refractivity contribution < 1.29 is 14.3 Å². The molecule has 0 fully saturated rings. The van der Waals surface area contributed by atoms with Gasteiger partial charge in [-0.1, -0.05) is 29.8 Å². The Hall–Kier alpha value is -2.20. The van der Waals surface area contributed by atoms with Crippen molar-refractivity contribution in [1.29, 1.82) is 0 Å². The number of carbonyl (C=O) groups is 1. The Morgan fingerprint density at radius 3 is 2.33 bits per heavy atom. The van der Waals surface area contributed by atoms with Crippen molar-refractivity contribution in [2.75, 3.05) is 20.8 Å². The molecule has 0 saturated heterocycles. The highest BCUT2D eigenvalue weighted by Crippen LogP contribution is 2.27. The van der Waals surface area contributed by atoms with E-state index >= 15 is 0 Å². The van der Waals surface area contributed by atoms with Crippen LogP contribution in [0.25, 0.3) is 0 Å². The third kappa shape index (κ3) is 5.46. The molecular formula is C19H22ClNO3. The van der Waals surface area contributed by atoms with Gasteiger partial charge >= 0.3 is 0 Å². The molecule has 2 rings (SSSR count). The van der Waals surface area contributed by atoms with Gasteiger partial charge in [0, 0.05) is 11.6 Å². The Morgan fingerprint density at radius 2 is 1.67 bits per heavy atom. The largest absolute Gasteiger partial charge is 0.493 e. The molecule has 4 nitrogen and oxygen atoms in total. The zero-order valence-electron chi connectivity index (χ0n) is 14.0. The van der Waals surface area contributed by atoms with E-state index in [1.165, 1.54) is 0 Å². The highest BCUT2D eigenvalue weighted by molar-refractivity contribution is 6.30. The number of aryl methyl sites for hydroxylation is 1. The molecule has 0 unspecified atom stereocenters. The van der Waals surface area contributed by atoms with Gasteiger partial charge in [0.25, 0.3) is 0 Å². The molecule has 0 heterocycles. The van der Waals surface area contributed by atoms with Crippen molar-refractivity contribution >= 4 is 17.5 Å². The minimum atomic E-state index is 0.0182. The molecule has 0 bridgehead atoms. The molecule has 0 aliphatic carbocycles. The third-order valence-electron chi connectivity index (χ3n) is 3.69. The number of hydrogen-bond donors (Lipinski definition) is 1. The average Bonchev–Trinajstić information content (AvgIpc) is 2.60. The quantitative estimate of drug-likeness (QED) is 0.741. The molecule has 1 amide bonds. The van der Waals surface area contributed by atoms with Crippen LogP contribution in [0, 0.1) is 0 Å². The van der Waals surface area contributed by atoms with Crippen molar-refractivity contribution in [1.82, 2.24) is 5.32 Å². The third-order valence-corrected chi connectivity index (χ3v) is 3.94. The van der Waals surface area contributed by atoms with Crippen LogP contribution >= 0.6 is 11.6 Å². The zero-order valence-corrected chi connectivity index (χ0v) is 14.7. The second-order valence-corrected chi connectivity index (χ2v) is 5.88. The Balaban J connectivity index is 1.74. The van der Waals surface area contributed by atoms with Crippen LogP contribution in [-0.4, -0.2) is 26.7 Å². The van der Waals surface area contributed by atoms with Crippen LogP contribution in [0.2, 0.25) is 5.02 Å². The summed E-state index contributed by atoms with van der Waals surface area (Å²) in [5.74, 6) is 1.46. The molecule has 0 radical (unpaired) electrons. The van der Waals surface area contributed by atoms with Crippen LogP contribution in [-0.2, 0) is 17.6 Å². The van der Waals surface area contributed by atoms with E-state index in [9.17, 15) is 4.79 Å². The van der Waals surface area contributed by atoms with Gasteiger partial charge in [-0.05, 0) is 48.2 Å². The minimum Gasteiger partial charge on any atom is -0.493 e. The van der Waals surface area contributed by atoms with Gasteiger partial charge in [0.05, 0.1) is 20.6 Å². The number of methoxy groups -OCH3 is 2. The van der Waals surface area contributed by atoms with E-state index in [0.717, 1.165) is 35.5 Å². The fourth-order valence-corrected chi connectivity index (χ4v) is 2.53. The number of halogens is 1. The summed E-state index contributed by atoms with van der Waals surface area (Å²) in [7, 11) is 3.24. The van der Waals surface area contributed by atoms with Gasteiger partial charge in [0.1, 0.15) is 0 Å². The van der Waals surface area contributed by atoms with E-state index in [1.54, 1.807) is 26.4 Å². The lowest BCUT2D eigenvalue weighted by atomic mass is 10.1. The number of nitrogens with one attached hydrogen (secondary N) is 1. The van der Waals surface area contributed by atoms with E-state index in [2.05, 4.69) is 5.32 Å². The van der Waals surface area contributed by atoms with Gasteiger partial charge in [0.2, 0.25) is 5.91 Å². The van der Waals surface area contributed by atoms with Crippen LogP contribution in [0.1, 0.15) is 17.5 Å². The second kappa shape index (κ2) is 9.18. The molecule has 0 spiro atoms. The van der Waals surface area contributed by atoms with E-state index in [-0.39, 0.29) is 5.91 Å². The molecule has 1 N–H and O–H groups in total. The molecule has 0 saturated carbocycles. The normalized spacial score (nSPS) is 10.3. The maximum absolute atomic E-state index is 11.9. The van der Waals surface area contributed by atoms with Crippen LogP contribution < -0.4 is 14.8 Å². The number of benzene rings is 2. The molecule has 2 aromatic rings. The van der Waals surface area contributed by atoms with Gasteiger partial charge in [-0.15, -0.1) is 0 Å². The molecule has 24 heavy (non-hydrogen) atoms. The summed E-state index contributed by atoms with van der Waals surface area (Å²) < 4.78 is 10.5. The maximum Gasteiger partial charge on any atom is 0.224 e. The maximum atomic E-state index is 11.9. The predicted molar refractivity (Wildman–Crippen MR) is 96.0 cm³/mol. The van der Waals surface area contributed by atoms with Gasteiger partial charge in [-0.2, -0.15) is 0 Å². The van der Waals surface area contributed by atoms with Gasteiger partial charge < -0.3 is 14.8 Å². The number of rotatable bonds is 8. The summed E-state index contributed by atoms with van der Waals surface area (Å²) in [6.45, 7) is 0.640. The average molecular weight is 348 g/mol. The lowest BCUT2D eigenvalue weighted by Crippen LogP contribution is -2.26. The van der Waals surface area contributed by atoms with Crippen molar-refractivity contribution in [3.8, 4) is 11.5 Å². The van der Waals surface area contributed by atoms with Crippen LogP contribution in [0.5, 0.6) is 11.5 Å². The van der Waals surface area contributed by atoms with Crippen LogP contribution in [0.4, 0.5) is 0 Å². The minimum absolute atomic E-state index is 0.0182. The second-order valence-electron chi connectivity index (χ2n) is 5.45. The number of hydrogen-bond acceptors (Lipinski definition) is 3.